The SMILES string of the molecule is N#Cc1cccc(NC(C(=O)NC2CCCCC2)c2cccs2)c1. The van der Waals surface area contributed by atoms with Gasteiger partial charge in [-0.2, -0.15) is 5.26 Å². The van der Waals surface area contributed by atoms with Crippen LogP contribution in [0.1, 0.15) is 48.6 Å². The van der Waals surface area contributed by atoms with Crippen LogP contribution in [0.5, 0.6) is 0 Å². The van der Waals surface area contributed by atoms with E-state index < -0.39 is 6.04 Å². The van der Waals surface area contributed by atoms with Crippen molar-refractivity contribution < 1.29 is 4.79 Å². The number of hydrogen-bond donors (Lipinski definition) is 2. The summed E-state index contributed by atoms with van der Waals surface area (Å²) < 4.78 is 0. The van der Waals surface area contributed by atoms with E-state index in [0.717, 1.165) is 23.4 Å². The number of carbonyl (C=O) groups is 1. The lowest BCUT2D eigenvalue weighted by Gasteiger charge is -2.26. The number of nitrogens with zero attached hydrogens (tertiary/aromatic N) is 1. The smallest absolute Gasteiger partial charge is 0.248 e. The first-order chi connectivity index (χ1) is 11.8. The molecule has 0 aliphatic heterocycles. The fourth-order valence-electron chi connectivity index (χ4n) is 3.10. The zero-order valence-corrected chi connectivity index (χ0v) is 14.3. The van der Waals surface area contributed by atoms with Gasteiger partial charge in [-0.05, 0) is 42.5 Å². The molecule has 1 atom stereocenters. The van der Waals surface area contributed by atoms with Crippen molar-refractivity contribution in [3.8, 4) is 6.07 Å². The van der Waals surface area contributed by atoms with Gasteiger partial charge in [0.2, 0.25) is 5.91 Å². The minimum absolute atomic E-state index is 0.00621. The zero-order chi connectivity index (χ0) is 16.8. The Bertz CT molecular complexity index is 714. The Balaban J connectivity index is 1.76. The highest BCUT2D eigenvalue weighted by Crippen LogP contribution is 2.26. The van der Waals surface area contributed by atoms with Gasteiger partial charge >= 0.3 is 0 Å². The summed E-state index contributed by atoms with van der Waals surface area (Å²) in [6.45, 7) is 0. The number of nitrogens with one attached hydrogen (secondary N) is 2. The fraction of sp³-hybridized carbons (Fsp3) is 0.368. The standard InChI is InChI=1S/C19H21N3OS/c20-13-14-6-4-9-16(12-14)21-18(17-10-5-11-24-17)19(23)22-15-7-2-1-3-8-15/h4-6,9-12,15,18,21H,1-3,7-8H2,(H,22,23). The Morgan fingerprint density at radius 3 is 2.75 bits per heavy atom. The number of carbonyl (C=O) groups excluding carboxylic acids is 1. The summed E-state index contributed by atoms with van der Waals surface area (Å²) in [5.74, 6) is 0.00621. The lowest BCUT2D eigenvalue weighted by Crippen LogP contribution is -2.41. The molecule has 124 valence electrons. The maximum absolute atomic E-state index is 12.8. The summed E-state index contributed by atoms with van der Waals surface area (Å²) in [5, 5.41) is 17.5. The van der Waals surface area contributed by atoms with Gasteiger partial charge < -0.3 is 10.6 Å². The quantitative estimate of drug-likeness (QED) is 0.857. The van der Waals surface area contributed by atoms with Gasteiger partial charge in [-0.1, -0.05) is 31.4 Å². The van der Waals surface area contributed by atoms with E-state index in [2.05, 4.69) is 16.7 Å². The van der Waals surface area contributed by atoms with Crippen molar-refractivity contribution in [2.45, 2.75) is 44.2 Å². The number of anilines is 1. The zero-order valence-electron chi connectivity index (χ0n) is 13.5. The molecule has 4 nitrogen and oxygen atoms in total. The van der Waals surface area contributed by atoms with Crippen molar-refractivity contribution in [1.82, 2.24) is 5.32 Å². The van der Waals surface area contributed by atoms with Gasteiger partial charge in [-0.3, -0.25) is 4.79 Å². The maximum atomic E-state index is 12.8. The molecule has 1 aliphatic rings. The van der Waals surface area contributed by atoms with Crippen LogP contribution in [-0.4, -0.2) is 11.9 Å². The topological polar surface area (TPSA) is 64.9 Å². The Morgan fingerprint density at radius 1 is 1.21 bits per heavy atom. The van der Waals surface area contributed by atoms with Gasteiger partial charge in [-0.15, -0.1) is 11.3 Å². The van der Waals surface area contributed by atoms with Crippen LogP contribution in [0.25, 0.3) is 0 Å². The van der Waals surface area contributed by atoms with Gasteiger partial charge in [0.05, 0.1) is 11.6 Å². The molecule has 2 aromatic rings. The molecule has 1 amide bonds. The van der Waals surface area contributed by atoms with Crippen molar-refractivity contribution >= 4 is 22.9 Å². The number of hydrogen-bond acceptors (Lipinski definition) is 4. The predicted molar refractivity (Wildman–Crippen MR) is 96.9 cm³/mol. The Morgan fingerprint density at radius 2 is 2.04 bits per heavy atom. The molecule has 0 saturated heterocycles. The van der Waals surface area contributed by atoms with Gasteiger partial charge in [0.25, 0.3) is 0 Å². The molecule has 0 bridgehead atoms. The molecular weight excluding hydrogens is 318 g/mol. The van der Waals surface area contributed by atoms with E-state index in [0.29, 0.717) is 5.56 Å². The van der Waals surface area contributed by atoms with Crippen molar-refractivity contribution in [3.63, 3.8) is 0 Å². The molecule has 5 heteroatoms. The van der Waals surface area contributed by atoms with E-state index in [1.54, 1.807) is 23.5 Å². The molecule has 1 unspecified atom stereocenters. The third kappa shape index (κ3) is 4.15. The Kier molecular flexibility index (Phi) is 5.50. The van der Waals surface area contributed by atoms with Crippen LogP contribution in [-0.2, 0) is 4.79 Å². The van der Waals surface area contributed by atoms with E-state index >= 15 is 0 Å². The largest absolute Gasteiger partial charge is 0.369 e. The average molecular weight is 339 g/mol. The van der Waals surface area contributed by atoms with E-state index in [4.69, 9.17) is 5.26 Å². The minimum Gasteiger partial charge on any atom is -0.369 e. The number of thiophene rings is 1. The molecule has 1 heterocycles. The first-order valence-electron chi connectivity index (χ1n) is 8.37. The maximum Gasteiger partial charge on any atom is 0.248 e. The highest BCUT2D eigenvalue weighted by Gasteiger charge is 2.25. The molecule has 0 radical (unpaired) electrons. The molecule has 1 aliphatic carbocycles. The summed E-state index contributed by atoms with van der Waals surface area (Å²) in [6, 6.07) is 13.1. The number of amides is 1. The normalized spacial score (nSPS) is 16.1. The fourth-order valence-corrected chi connectivity index (χ4v) is 3.87. The molecule has 1 fully saturated rings. The molecule has 1 aromatic carbocycles. The van der Waals surface area contributed by atoms with Crippen molar-refractivity contribution in [2.75, 3.05) is 5.32 Å². The third-order valence-electron chi connectivity index (χ3n) is 4.34. The summed E-state index contributed by atoms with van der Waals surface area (Å²) in [7, 11) is 0. The molecule has 24 heavy (non-hydrogen) atoms. The van der Waals surface area contributed by atoms with E-state index in [1.165, 1.54) is 19.3 Å². The van der Waals surface area contributed by atoms with Gasteiger partial charge in [0, 0.05) is 16.6 Å². The average Bonchev–Trinajstić information content (AvgIpc) is 3.15. The van der Waals surface area contributed by atoms with Crippen LogP contribution in [0.2, 0.25) is 0 Å². The van der Waals surface area contributed by atoms with Crippen molar-refractivity contribution in [1.29, 1.82) is 5.26 Å². The molecule has 1 aromatic heterocycles. The highest BCUT2D eigenvalue weighted by atomic mass is 32.1. The van der Waals surface area contributed by atoms with E-state index in [9.17, 15) is 4.79 Å². The summed E-state index contributed by atoms with van der Waals surface area (Å²) in [5.41, 5.74) is 1.36. The first-order valence-corrected chi connectivity index (χ1v) is 9.25. The second kappa shape index (κ2) is 7.98. The number of benzene rings is 1. The molecule has 2 N–H and O–H groups in total. The van der Waals surface area contributed by atoms with Crippen LogP contribution in [0.15, 0.2) is 41.8 Å². The number of nitriles is 1. The summed E-state index contributed by atoms with van der Waals surface area (Å²) in [4.78, 5) is 13.8. The van der Waals surface area contributed by atoms with E-state index in [-0.39, 0.29) is 11.9 Å². The monoisotopic (exact) mass is 339 g/mol. The Labute approximate surface area is 146 Å². The summed E-state index contributed by atoms with van der Waals surface area (Å²) >= 11 is 1.56. The molecule has 1 saturated carbocycles. The van der Waals surface area contributed by atoms with Crippen LogP contribution < -0.4 is 10.6 Å². The van der Waals surface area contributed by atoms with Gasteiger partial charge in [-0.25, -0.2) is 0 Å². The highest BCUT2D eigenvalue weighted by molar-refractivity contribution is 7.10. The van der Waals surface area contributed by atoms with Crippen LogP contribution in [0.4, 0.5) is 5.69 Å². The van der Waals surface area contributed by atoms with E-state index in [1.807, 2.05) is 29.6 Å². The molecule has 0 spiro atoms. The predicted octanol–water partition coefficient (Wildman–Crippen LogP) is 4.22. The lowest BCUT2D eigenvalue weighted by atomic mass is 9.95. The second-order valence-corrected chi connectivity index (χ2v) is 7.11. The van der Waals surface area contributed by atoms with Crippen LogP contribution in [0.3, 0.4) is 0 Å². The van der Waals surface area contributed by atoms with Crippen LogP contribution >= 0.6 is 11.3 Å². The molecular formula is C19H21N3OS. The lowest BCUT2D eigenvalue weighted by molar-refractivity contribution is -0.122. The van der Waals surface area contributed by atoms with Gasteiger partial charge in [0.15, 0.2) is 0 Å². The van der Waals surface area contributed by atoms with Crippen molar-refractivity contribution in [2.24, 2.45) is 0 Å². The van der Waals surface area contributed by atoms with Crippen molar-refractivity contribution in [3.05, 3.63) is 52.2 Å². The second-order valence-electron chi connectivity index (χ2n) is 6.13. The minimum atomic E-state index is -0.430. The summed E-state index contributed by atoms with van der Waals surface area (Å²) in [6.07, 6.45) is 5.76. The number of rotatable bonds is 5. The third-order valence-corrected chi connectivity index (χ3v) is 5.28. The molecule has 3 rings (SSSR count). The Hall–Kier alpha value is -2.32. The first kappa shape index (κ1) is 16.5. The van der Waals surface area contributed by atoms with Crippen LogP contribution in [0, 0.1) is 11.3 Å². The van der Waals surface area contributed by atoms with Gasteiger partial charge in [0.1, 0.15) is 6.04 Å².